The highest BCUT2D eigenvalue weighted by atomic mass is 32.1. The molecule has 0 spiro atoms. The van der Waals surface area contributed by atoms with Crippen LogP contribution in [-0.4, -0.2) is 41.3 Å². The molecule has 0 aromatic carbocycles. The summed E-state index contributed by atoms with van der Waals surface area (Å²) in [4.78, 5) is 11.3. The van der Waals surface area contributed by atoms with E-state index < -0.39 is 0 Å². The molecule has 2 N–H and O–H groups in total. The van der Waals surface area contributed by atoms with Crippen molar-refractivity contribution in [3.8, 4) is 5.88 Å². The number of nitrogens with one attached hydrogen (secondary N) is 2. The summed E-state index contributed by atoms with van der Waals surface area (Å²) in [7, 11) is 1.63. The lowest BCUT2D eigenvalue weighted by atomic mass is 10.0. The maximum absolute atomic E-state index is 5.41. The minimum absolute atomic E-state index is 0.470. The fraction of sp³-hybridized carbons (Fsp3) is 0.706. The number of piperidine rings is 1. The summed E-state index contributed by atoms with van der Waals surface area (Å²) in [6.45, 7) is 4.32. The van der Waals surface area contributed by atoms with Crippen LogP contribution >= 0.6 is 12.2 Å². The van der Waals surface area contributed by atoms with Gasteiger partial charge in [0.15, 0.2) is 5.11 Å². The van der Waals surface area contributed by atoms with Gasteiger partial charge >= 0.3 is 0 Å². The number of aromatic nitrogens is 2. The Morgan fingerprint density at radius 3 is 2.75 bits per heavy atom. The molecule has 0 amide bonds. The molecule has 1 aliphatic carbocycles. The number of ether oxygens (including phenoxy) is 1. The summed E-state index contributed by atoms with van der Waals surface area (Å²) in [6.07, 6.45) is 7.37. The molecule has 1 atom stereocenters. The molecular weight excluding hydrogens is 322 g/mol. The first-order chi connectivity index (χ1) is 11.6. The Balaban J connectivity index is 1.69. The maximum Gasteiger partial charge on any atom is 0.234 e. The standard InChI is InChI=1S/C17H27N5OS/c1-12-6-5-9-22(11-12)14-10-15(23-2)20-16(19-14)21-17(24)18-13-7-3-4-8-13/h10,12-13H,3-9,11H2,1-2H3,(H2,18,19,20,21,24). The van der Waals surface area contributed by atoms with E-state index in [1.807, 2.05) is 6.07 Å². The van der Waals surface area contributed by atoms with E-state index in [1.165, 1.54) is 38.5 Å². The molecule has 0 bridgehead atoms. The van der Waals surface area contributed by atoms with Crippen molar-refractivity contribution < 1.29 is 4.74 Å². The highest BCUT2D eigenvalue weighted by Gasteiger charge is 2.20. The van der Waals surface area contributed by atoms with Gasteiger partial charge in [0.05, 0.1) is 7.11 Å². The van der Waals surface area contributed by atoms with Crippen LogP contribution in [0.4, 0.5) is 11.8 Å². The SMILES string of the molecule is COc1cc(N2CCCC(C)C2)nc(NC(=S)NC2CCCC2)n1. The Hall–Kier alpha value is -1.63. The van der Waals surface area contributed by atoms with E-state index in [0.29, 0.717) is 28.9 Å². The van der Waals surface area contributed by atoms with Crippen LogP contribution in [0.3, 0.4) is 0 Å². The summed E-state index contributed by atoms with van der Waals surface area (Å²) in [6, 6.07) is 2.37. The summed E-state index contributed by atoms with van der Waals surface area (Å²) >= 11 is 5.41. The molecule has 1 saturated carbocycles. The summed E-state index contributed by atoms with van der Waals surface area (Å²) in [5.41, 5.74) is 0. The molecule has 3 rings (SSSR count). The van der Waals surface area contributed by atoms with Gasteiger partial charge in [-0.3, -0.25) is 0 Å². The Kier molecular flexibility index (Phi) is 5.71. The Morgan fingerprint density at radius 1 is 1.25 bits per heavy atom. The molecular formula is C17H27N5OS. The summed E-state index contributed by atoms with van der Waals surface area (Å²) in [5.74, 6) is 2.64. The highest BCUT2D eigenvalue weighted by Crippen LogP contribution is 2.25. The van der Waals surface area contributed by atoms with Gasteiger partial charge in [0.25, 0.3) is 0 Å². The van der Waals surface area contributed by atoms with E-state index in [2.05, 4.69) is 32.4 Å². The van der Waals surface area contributed by atoms with E-state index >= 15 is 0 Å². The van der Waals surface area contributed by atoms with Crippen LogP contribution in [0.15, 0.2) is 6.07 Å². The van der Waals surface area contributed by atoms with Gasteiger partial charge in [0.1, 0.15) is 5.82 Å². The molecule has 1 unspecified atom stereocenters. The second-order valence-electron chi connectivity index (χ2n) is 6.87. The largest absolute Gasteiger partial charge is 0.481 e. The fourth-order valence-corrected chi connectivity index (χ4v) is 3.78. The van der Waals surface area contributed by atoms with E-state index in [9.17, 15) is 0 Å². The smallest absolute Gasteiger partial charge is 0.234 e. The molecule has 1 aromatic rings. The van der Waals surface area contributed by atoms with Gasteiger partial charge in [-0.15, -0.1) is 0 Å². The minimum atomic E-state index is 0.470. The molecule has 2 aliphatic rings. The van der Waals surface area contributed by atoms with Crippen molar-refractivity contribution in [1.29, 1.82) is 0 Å². The predicted octanol–water partition coefficient (Wildman–Crippen LogP) is 2.95. The lowest BCUT2D eigenvalue weighted by molar-refractivity contribution is 0.396. The molecule has 6 nitrogen and oxygen atoms in total. The van der Waals surface area contributed by atoms with Gasteiger partial charge in [-0.1, -0.05) is 19.8 Å². The zero-order valence-corrected chi connectivity index (χ0v) is 15.4. The average Bonchev–Trinajstić information content (AvgIpc) is 3.07. The maximum atomic E-state index is 5.41. The topological polar surface area (TPSA) is 62.3 Å². The third-order valence-electron chi connectivity index (χ3n) is 4.79. The number of methoxy groups -OCH3 is 1. The van der Waals surface area contributed by atoms with Gasteiger partial charge in [0.2, 0.25) is 11.8 Å². The van der Waals surface area contributed by atoms with Gasteiger partial charge in [-0.05, 0) is 43.8 Å². The number of thiocarbonyl (C=S) groups is 1. The van der Waals surface area contributed by atoms with Gasteiger partial charge < -0.3 is 20.3 Å². The van der Waals surface area contributed by atoms with Gasteiger partial charge in [-0.2, -0.15) is 9.97 Å². The van der Waals surface area contributed by atoms with Crippen molar-refractivity contribution in [3.05, 3.63) is 6.07 Å². The molecule has 1 aromatic heterocycles. The summed E-state index contributed by atoms with van der Waals surface area (Å²) < 4.78 is 5.35. The minimum Gasteiger partial charge on any atom is -0.481 e. The van der Waals surface area contributed by atoms with Crippen molar-refractivity contribution in [1.82, 2.24) is 15.3 Å². The number of hydrogen-bond acceptors (Lipinski definition) is 5. The number of anilines is 2. The second-order valence-corrected chi connectivity index (χ2v) is 7.27. The van der Waals surface area contributed by atoms with Crippen molar-refractivity contribution in [2.45, 2.75) is 51.5 Å². The van der Waals surface area contributed by atoms with Crippen LogP contribution in [0, 0.1) is 5.92 Å². The molecule has 132 valence electrons. The van der Waals surface area contributed by atoms with Crippen LogP contribution in [0.5, 0.6) is 5.88 Å². The highest BCUT2D eigenvalue weighted by molar-refractivity contribution is 7.80. The Labute approximate surface area is 149 Å². The first-order valence-corrected chi connectivity index (χ1v) is 9.30. The summed E-state index contributed by atoms with van der Waals surface area (Å²) in [5, 5.41) is 7.07. The van der Waals surface area contributed by atoms with Crippen LogP contribution in [-0.2, 0) is 0 Å². The number of hydrogen-bond donors (Lipinski definition) is 2. The van der Waals surface area contributed by atoms with Crippen LogP contribution < -0.4 is 20.3 Å². The predicted molar refractivity (Wildman–Crippen MR) is 101 cm³/mol. The number of nitrogens with zero attached hydrogens (tertiary/aromatic N) is 3. The molecule has 7 heteroatoms. The van der Waals surface area contributed by atoms with Crippen molar-refractivity contribution in [2.75, 3.05) is 30.4 Å². The van der Waals surface area contributed by atoms with Crippen LogP contribution in [0.1, 0.15) is 45.4 Å². The average molecular weight is 350 g/mol. The monoisotopic (exact) mass is 349 g/mol. The first kappa shape index (κ1) is 17.2. The molecule has 24 heavy (non-hydrogen) atoms. The molecule has 2 heterocycles. The molecule has 2 fully saturated rings. The third kappa shape index (κ3) is 4.47. The van der Waals surface area contributed by atoms with Crippen LogP contribution in [0.25, 0.3) is 0 Å². The number of rotatable bonds is 4. The first-order valence-electron chi connectivity index (χ1n) is 8.89. The van der Waals surface area contributed by atoms with E-state index in [-0.39, 0.29) is 0 Å². The van der Waals surface area contributed by atoms with E-state index in [1.54, 1.807) is 7.11 Å². The zero-order valence-electron chi connectivity index (χ0n) is 14.5. The van der Waals surface area contributed by atoms with Crippen LogP contribution in [0.2, 0.25) is 0 Å². The van der Waals surface area contributed by atoms with Crippen molar-refractivity contribution in [3.63, 3.8) is 0 Å². The quantitative estimate of drug-likeness (QED) is 0.810. The molecule has 0 radical (unpaired) electrons. The Morgan fingerprint density at radius 2 is 2.04 bits per heavy atom. The lowest BCUT2D eigenvalue weighted by Crippen LogP contribution is -2.37. The van der Waals surface area contributed by atoms with E-state index in [4.69, 9.17) is 17.0 Å². The lowest BCUT2D eigenvalue weighted by Gasteiger charge is -2.32. The molecule has 1 saturated heterocycles. The zero-order chi connectivity index (χ0) is 16.9. The van der Waals surface area contributed by atoms with Gasteiger partial charge in [-0.25, -0.2) is 0 Å². The molecule has 1 aliphatic heterocycles. The normalized spacial score (nSPS) is 21.6. The van der Waals surface area contributed by atoms with E-state index in [0.717, 1.165) is 18.9 Å². The Bertz CT molecular complexity index is 576. The fourth-order valence-electron chi connectivity index (χ4n) is 3.53. The third-order valence-corrected chi connectivity index (χ3v) is 5.01. The van der Waals surface area contributed by atoms with Crippen molar-refractivity contribution >= 4 is 29.1 Å². The van der Waals surface area contributed by atoms with Gasteiger partial charge in [0, 0.05) is 25.2 Å². The van der Waals surface area contributed by atoms with Crippen molar-refractivity contribution in [2.24, 2.45) is 5.92 Å². The second kappa shape index (κ2) is 7.96.